The summed E-state index contributed by atoms with van der Waals surface area (Å²) in [6.07, 6.45) is 9.26. The van der Waals surface area contributed by atoms with E-state index in [2.05, 4.69) is 26.8 Å². The van der Waals surface area contributed by atoms with Crippen LogP contribution in [0.25, 0.3) is 0 Å². The number of aliphatic hydroxyl groups is 2. The number of ether oxygens (including phenoxy) is 1. The van der Waals surface area contributed by atoms with Crippen LogP contribution in [0.2, 0.25) is 0 Å². The summed E-state index contributed by atoms with van der Waals surface area (Å²) < 4.78 is 6.23. The van der Waals surface area contributed by atoms with Gasteiger partial charge in [-0.25, -0.2) is 0 Å². The van der Waals surface area contributed by atoms with Gasteiger partial charge < -0.3 is 14.9 Å². The van der Waals surface area contributed by atoms with Crippen molar-refractivity contribution in [1.82, 2.24) is 0 Å². The zero-order chi connectivity index (χ0) is 15.4. The summed E-state index contributed by atoms with van der Waals surface area (Å²) in [7, 11) is 0. The highest BCUT2D eigenvalue weighted by molar-refractivity contribution is 5.06. The molecule has 2 N–H and O–H groups in total. The van der Waals surface area contributed by atoms with Crippen LogP contribution in [-0.4, -0.2) is 29.0 Å². The monoisotopic (exact) mass is 294 g/mol. The Morgan fingerprint density at radius 2 is 1.76 bits per heavy atom. The molecule has 6 atom stereocenters. The zero-order valence-electron chi connectivity index (χ0n) is 13.5. The lowest BCUT2D eigenvalue weighted by molar-refractivity contribution is -0.00806. The number of allylic oxidation sites excluding steroid dienone is 1. The molecule has 1 unspecified atom stereocenters. The normalized spacial score (nSPS) is 44.7. The van der Waals surface area contributed by atoms with E-state index in [1.54, 1.807) is 6.08 Å². The van der Waals surface area contributed by atoms with Crippen LogP contribution in [0.4, 0.5) is 0 Å². The Bertz CT molecular complexity index is 388. The van der Waals surface area contributed by atoms with Crippen molar-refractivity contribution in [3.8, 4) is 0 Å². The standard InChI is InChI=1S/C18H30O3/c1-12-10-14(3)18-15(11-13(12)2)6-4-5-7-16(20)17(21-18)8-9-19/h4-5,8,12-16,18-20H,6-7,9-11H2,1-3H3/b5-4-,17-8+/t12-,13-,14-,15+,16?,18+/m0/s1. The molecule has 1 aliphatic carbocycles. The molecule has 3 heteroatoms. The van der Waals surface area contributed by atoms with Gasteiger partial charge in [-0.1, -0.05) is 32.9 Å². The van der Waals surface area contributed by atoms with Crippen molar-refractivity contribution in [1.29, 1.82) is 0 Å². The fourth-order valence-corrected chi connectivity index (χ4v) is 3.83. The first-order chi connectivity index (χ1) is 10.0. The summed E-state index contributed by atoms with van der Waals surface area (Å²) >= 11 is 0. The molecule has 0 aromatic rings. The number of fused-ring (bicyclic) bond motifs is 1. The van der Waals surface area contributed by atoms with Crippen LogP contribution in [-0.2, 0) is 4.74 Å². The van der Waals surface area contributed by atoms with Gasteiger partial charge in [0.1, 0.15) is 18.0 Å². The molecule has 1 heterocycles. The zero-order valence-corrected chi connectivity index (χ0v) is 13.5. The third-order valence-corrected chi connectivity index (χ3v) is 5.27. The van der Waals surface area contributed by atoms with E-state index in [4.69, 9.17) is 4.74 Å². The van der Waals surface area contributed by atoms with Crippen LogP contribution in [0.15, 0.2) is 24.0 Å². The highest BCUT2D eigenvalue weighted by Gasteiger charge is 2.36. The second-order valence-corrected chi connectivity index (χ2v) is 6.99. The molecule has 120 valence electrons. The molecule has 0 aromatic carbocycles. The summed E-state index contributed by atoms with van der Waals surface area (Å²) in [5.74, 6) is 2.92. The van der Waals surface area contributed by atoms with Gasteiger partial charge in [0.05, 0.1) is 6.61 Å². The Kier molecular flexibility index (Phi) is 5.88. The molecule has 21 heavy (non-hydrogen) atoms. The van der Waals surface area contributed by atoms with E-state index in [0.29, 0.717) is 35.9 Å². The van der Waals surface area contributed by atoms with Crippen LogP contribution < -0.4 is 0 Å². The van der Waals surface area contributed by atoms with E-state index in [1.165, 1.54) is 6.42 Å². The maximum absolute atomic E-state index is 10.2. The Morgan fingerprint density at radius 1 is 1.10 bits per heavy atom. The van der Waals surface area contributed by atoms with Crippen LogP contribution in [0.1, 0.15) is 46.5 Å². The molecule has 0 bridgehead atoms. The summed E-state index contributed by atoms with van der Waals surface area (Å²) in [5, 5.41) is 19.4. The average molecular weight is 294 g/mol. The molecule has 1 aliphatic heterocycles. The van der Waals surface area contributed by atoms with Gasteiger partial charge in [0, 0.05) is 0 Å². The fraction of sp³-hybridized carbons (Fsp3) is 0.778. The lowest BCUT2D eigenvalue weighted by atomic mass is 9.86. The summed E-state index contributed by atoms with van der Waals surface area (Å²) in [5.41, 5.74) is 0. The summed E-state index contributed by atoms with van der Waals surface area (Å²) in [4.78, 5) is 0. The Balaban J connectivity index is 2.27. The maximum atomic E-state index is 10.2. The fourth-order valence-electron chi connectivity index (χ4n) is 3.83. The molecular formula is C18H30O3. The molecule has 2 rings (SSSR count). The second kappa shape index (κ2) is 7.46. The van der Waals surface area contributed by atoms with Crippen LogP contribution in [0.5, 0.6) is 0 Å². The first-order valence-electron chi connectivity index (χ1n) is 8.33. The lowest BCUT2D eigenvalue weighted by Crippen LogP contribution is -2.31. The van der Waals surface area contributed by atoms with E-state index in [9.17, 15) is 10.2 Å². The molecule has 2 aliphatic rings. The maximum Gasteiger partial charge on any atom is 0.124 e. The average Bonchev–Trinajstić information content (AvgIpc) is 2.50. The van der Waals surface area contributed by atoms with Crippen molar-refractivity contribution in [2.24, 2.45) is 23.7 Å². The Hall–Kier alpha value is -0.800. The minimum atomic E-state index is -0.641. The molecular weight excluding hydrogens is 264 g/mol. The topological polar surface area (TPSA) is 49.7 Å². The Labute approximate surface area is 128 Å². The predicted molar refractivity (Wildman–Crippen MR) is 84.6 cm³/mol. The van der Waals surface area contributed by atoms with Crippen LogP contribution in [0, 0.1) is 23.7 Å². The van der Waals surface area contributed by atoms with E-state index >= 15 is 0 Å². The van der Waals surface area contributed by atoms with Crippen LogP contribution >= 0.6 is 0 Å². The molecule has 0 radical (unpaired) electrons. The van der Waals surface area contributed by atoms with E-state index in [1.807, 2.05) is 6.08 Å². The SMILES string of the molecule is C[C@H]1C[C@H](C)[C@@H](C)C[C@H]2C/C=C\CC(O)/C(=C\CO)O[C@@H]21. The number of hydrogen-bond acceptors (Lipinski definition) is 3. The van der Waals surface area contributed by atoms with Crippen molar-refractivity contribution < 1.29 is 14.9 Å². The van der Waals surface area contributed by atoms with E-state index in [0.717, 1.165) is 12.8 Å². The molecule has 0 saturated heterocycles. The summed E-state index contributed by atoms with van der Waals surface area (Å²) in [6, 6.07) is 0. The summed E-state index contributed by atoms with van der Waals surface area (Å²) in [6.45, 7) is 6.85. The molecule has 0 spiro atoms. The van der Waals surface area contributed by atoms with Crippen molar-refractivity contribution in [3.63, 3.8) is 0 Å². The van der Waals surface area contributed by atoms with Crippen molar-refractivity contribution in [2.75, 3.05) is 6.61 Å². The van der Waals surface area contributed by atoms with Gasteiger partial charge in [-0.05, 0) is 55.4 Å². The smallest absolute Gasteiger partial charge is 0.124 e. The van der Waals surface area contributed by atoms with Gasteiger partial charge in [-0.2, -0.15) is 0 Å². The minimum absolute atomic E-state index is 0.0886. The first kappa shape index (κ1) is 16.6. The highest BCUT2D eigenvalue weighted by Crippen LogP contribution is 2.40. The minimum Gasteiger partial charge on any atom is -0.492 e. The molecule has 1 saturated carbocycles. The van der Waals surface area contributed by atoms with Gasteiger partial charge in [0.2, 0.25) is 0 Å². The van der Waals surface area contributed by atoms with Gasteiger partial charge in [0.25, 0.3) is 0 Å². The first-order valence-corrected chi connectivity index (χ1v) is 8.33. The van der Waals surface area contributed by atoms with Gasteiger partial charge in [0.15, 0.2) is 0 Å². The number of hydrogen-bond donors (Lipinski definition) is 2. The molecule has 0 amide bonds. The third-order valence-electron chi connectivity index (χ3n) is 5.27. The van der Waals surface area contributed by atoms with Gasteiger partial charge in [-0.3, -0.25) is 0 Å². The molecule has 3 nitrogen and oxygen atoms in total. The second-order valence-electron chi connectivity index (χ2n) is 6.99. The van der Waals surface area contributed by atoms with Crippen molar-refractivity contribution >= 4 is 0 Å². The third kappa shape index (κ3) is 4.10. The quantitative estimate of drug-likeness (QED) is 0.730. The highest BCUT2D eigenvalue weighted by atomic mass is 16.5. The van der Waals surface area contributed by atoms with Gasteiger partial charge >= 0.3 is 0 Å². The van der Waals surface area contributed by atoms with Crippen molar-refractivity contribution in [3.05, 3.63) is 24.0 Å². The number of aliphatic hydroxyl groups excluding tert-OH is 2. The van der Waals surface area contributed by atoms with Crippen LogP contribution in [0.3, 0.4) is 0 Å². The van der Waals surface area contributed by atoms with Gasteiger partial charge in [-0.15, -0.1) is 0 Å². The molecule has 0 aromatic heterocycles. The predicted octanol–water partition coefficient (Wildman–Crippen LogP) is 3.28. The molecule has 1 fully saturated rings. The lowest BCUT2D eigenvalue weighted by Gasteiger charge is -2.31. The largest absolute Gasteiger partial charge is 0.492 e. The number of rotatable bonds is 1. The Morgan fingerprint density at radius 3 is 2.48 bits per heavy atom. The van der Waals surface area contributed by atoms with E-state index < -0.39 is 6.10 Å². The van der Waals surface area contributed by atoms with Crippen molar-refractivity contribution in [2.45, 2.75) is 58.7 Å². The van der Waals surface area contributed by atoms with E-state index in [-0.39, 0.29) is 12.7 Å².